The Morgan fingerprint density at radius 1 is 1.20 bits per heavy atom. The molecule has 3 nitrogen and oxygen atoms in total. The van der Waals surface area contributed by atoms with Crippen LogP contribution in [0.1, 0.15) is 22.3 Å². The van der Waals surface area contributed by atoms with Crippen LogP contribution in [0.5, 0.6) is 0 Å². The average Bonchev–Trinajstić information content (AvgIpc) is 2.41. The normalized spacial score (nSPS) is 11.4. The van der Waals surface area contributed by atoms with Gasteiger partial charge in [-0.15, -0.1) is 0 Å². The van der Waals surface area contributed by atoms with E-state index in [1.807, 2.05) is 0 Å². The van der Waals surface area contributed by atoms with Crippen molar-refractivity contribution in [3.05, 3.63) is 35.4 Å². The number of rotatable bonds is 7. The molecule has 0 heterocycles. The Morgan fingerprint density at radius 3 is 2.40 bits per heavy atom. The largest absolute Gasteiger partial charge is 0.416 e. The van der Waals surface area contributed by atoms with Gasteiger partial charge in [-0.05, 0) is 30.7 Å². The predicted octanol–water partition coefficient (Wildman–Crippen LogP) is 3.24. The summed E-state index contributed by atoms with van der Waals surface area (Å²) in [4.78, 5) is 11.7. The second-order valence-corrected chi connectivity index (χ2v) is 4.78. The molecular formula is C13H15BrF3NO2. The van der Waals surface area contributed by atoms with Gasteiger partial charge in [0.25, 0.3) is 5.91 Å². The first kappa shape index (κ1) is 17.0. The highest BCUT2D eigenvalue weighted by Crippen LogP contribution is 2.28. The summed E-state index contributed by atoms with van der Waals surface area (Å²) in [6.45, 7) is 1.55. The third-order valence-corrected chi connectivity index (χ3v) is 2.77. The van der Waals surface area contributed by atoms with Crippen LogP contribution in [0.15, 0.2) is 24.3 Å². The predicted molar refractivity (Wildman–Crippen MR) is 73.0 cm³/mol. The maximum absolute atomic E-state index is 12.4. The lowest BCUT2D eigenvalue weighted by molar-refractivity contribution is -0.137. The summed E-state index contributed by atoms with van der Waals surface area (Å²) in [6, 6.07) is 4.13. The second kappa shape index (κ2) is 8.26. The molecule has 1 aromatic carbocycles. The minimum atomic E-state index is -4.39. The van der Waals surface area contributed by atoms with Crippen LogP contribution < -0.4 is 5.32 Å². The SMILES string of the molecule is O=C(NCCCOCCBr)c1ccc(C(F)(F)F)cc1. The monoisotopic (exact) mass is 353 g/mol. The summed E-state index contributed by atoms with van der Waals surface area (Å²) >= 11 is 3.22. The minimum absolute atomic E-state index is 0.208. The third kappa shape index (κ3) is 5.92. The highest BCUT2D eigenvalue weighted by Gasteiger charge is 2.30. The molecule has 0 saturated heterocycles. The van der Waals surface area contributed by atoms with Gasteiger partial charge >= 0.3 is 6.18 Å². The fraction of sp³-hybridized carbons (Fsp3) is 0.462. The highest BCUT2D eigenvalue weighted by molar-refractivity contribution is 9.09. The number of halogens is 4. The number of alkyl halides is 4. The summed E-state index contributed by atoms with van der Waals surface area (Å²) < 4.78 is 42.3. The molecule has 1 N–H and O–H groups in total. The van der Waals surface area contributed by atoms with E-state index in [9.17, 15) is 18.0 Å². The van der Waals surface area contributed by atoms with Crippen LogP contribution in [0, 0.1) is 0 Å². The molecule has 0 fully saturated rings. The third-order valence-electron chi connectivity index (χ3n) is 2.45. The van der Waals surface area contributed by atoms with Crippen molar-refractivity contribution in [2.75, 3.05) is 25.1 Å². The number of nitrogens with one attached hydrogen (secondary N) is 1. The van der Waals surface area contributed by atoms with Gasteiger partial charge in [-0.25, -0.2) is 0 Å². The van der Waals surface area contributed by atoms with E-state index in [-0.39, 0.29) is 11.5 Å². The van der Waals surface area contributed by atoms with Crippen molar-refractivity contribution in [1.82, 2.24) is 5.32 Å². The van der Waals surface area contributed by atoms with E-state index in [0.29, 0.717) is 26.2 Å². The van der Waals surface area contributed by atoms with Gasteiger partial charge in [-0.2, -0.15) is 13.2 Å². The maximum atomic E-state index is 12.4. The fourth-order valence-corrected chi connectivity index (χ4v) is 1.67. The Morgan fingerprint density at radius 2 is 1.85 bits per heavy atom. The van der Waals surface area contributed by atoms with Crippen molar-refractivity contribution < 1.29 is 22.7 Å². The van der Waals surface area contributed by atoms with E-state index in [1.54, 1.807) is 0 Å². The standard InChI is InChI=1S/C13H15BrF3NO2/c14-6-9-20-8-1-7-18-12(19)10-2-4-11(5-3-10)13(15,16)17/h2-5H,1,6-9H2,(H,18,19). The van der Waals surface area contributed by atoms with Crippen molar-refractivity contribution in [2.45, 2.75) is 12.6 Å². The van der Waals surface area contributed by atoms with Crippen molar-refractivity contribution >= 4 is 21.8 Å². The van der Waals surface area contributed by atoms with Gasteiger partial charge < -0.3 is 10.1 Å². The van der Waals surface area contributed by atoms with E-state index < -0.39 is 11.7 Å². The van der Waals surface area contributed by atoms with Crippen LogP contribution in [-0.2, 0) is 10.9 Å². The van der Waals surface area contributed by atoms with Gasteiger partial charge in [0.2, 0.25) is 0 Å². The van der Waals surface area contributed by atoms with E-state index >= 15 is 0 Å². The molecule has 0 saturated carbocycles. The molecule has 0 atom stereocenters. The van der Waals surface area contributed by atoms with E-state index in [2.05, 4.69) is 21.2 Å². The molecule has 0 aromatic heterocycles. The Bertz CT molecular complexity index is 421. The quantitative estimate of drug-likeness (QED) is 0.603. The lowest BCUT2D eigenvalue weighted by Crippen LogP contribution is -2.25. The number of carbonyl (C=O) groups is 1. The Hall–Kier alpha value is -1.08. The van der Waals surface area contributed by atoms with Crippen LogP contribution in [0.25, 0.3) is 0 Å². The van der Waals surface area contributed by atoms with Crippen LogP contribution >= 0.6 is 15.9 Å². The van der Waals surface area contributed by atoms with Gasteiger partial charge in [-0.1, -0.05) is 15.9 Å². The number of ether oxygens (including phenoxy) is 1. The average molecular weight is 354 g/mol. The molecule has 0 bridgehead atoms. The molecular weight excluding hydrogens is 339 g/mol. The summed E-state index contributed by atoms with van der Waals surface area (Å²) in [5.41, 5.74) is -0.559. The lowest BCUT2D eigenvalue weighted by atomic mass is 10.1. The number of benzene rings is 1. The first-order chi connectivity index (χ1) is 9.45. The zero-order valence-electron chi connectivity index (χ0n) is 10.7. The smallest absolute Gasteiger partial charge is 0.381 e. The van der Waals surface area contributed by atoms with Crippen LogP contribution in [-0.4, -0.2) is 31.0 Å². The minimum Gasteiger partial charge on any atom is -0.381 e. The van der Waals surface area contributed by atoms with E-state index in [0.717, 1.165) is 17.5 Å². The number of hydrogen-bond donors (Lipinski definition) is 1. The molecule has 0 aliphatic carbocycles. The molecule has 7 heteroatoms. The Kier molecular flexibility index (Phi) is 7.01. The number of carbonyl (C=O) groups excluding carboxylic acids is 1. The van der Waals surface area contributed by atoms with Gasteiger partial charge in [0, 0.05) is 24.0 Å². The zero-order chi connectivity index (χ0) is 15.0. The Balaban J connectivity index is 2.37. The molecule has 1 rings (SSSR count). The molecule has 1 aromatic rings. The molecule has 20 heavy (non-hydrogen) atoms. The number of hydrogen-bond acceptors (Lipinski definition) is 2. The molecule has 0 aliphatic heterocycles. The van der Waals surface area contributed by atoms with Crippen LogP contribution in [0.3, 0.4) is 0 Å². The molecule has 0 spiro atoms. The van der Waals surface area contributed by atoms with Gasteiger partial charge in [-0.3, -0.25) is 4.79 Å². The second-order valence-electron chi connectivity index (χ2n) is 3.99. The summed E-state index contributed by atoms with van der Waals surface area (Å²) in [6.07, 6.45) is -3.73. The summed E-state index contributed by atoms with van der Waals surface area (Å²) in [5, 5.41) is 3.38. The van der Waals surface area contributed by atoms with E-state index in [4.69, 9.17) is 4.74 Å². The highest BCUT2D eigenvalue weighted by atomic mass is 79.9. The molecule has 0 aliphatic rings. The Labute approximate surface area is 123 Å². The molecule has 0 unspecified atom stereocenters. The fourth-order valence-electron chi connectivity index (χ4n) is 1.45. The van der Waals surface area contributed by atoms with Gasteiger partial charge in [0.1, 0.15) is 0 Å². The van der Waals surface area contributed by atoms with Crippen LogP contribution in [0.2, 0.25) is 0 Å². The van der Waals surface area contributed by atoms with Crippen molar-refractivity contribution in [2.24, 2.45) is 0 Å². The summed E-state index contributed by atoms with van der Waals surface area (Å²) in [5.74, 6) is -0.390. The van der Waals surface area contributed by atoms with Crippen molar-refractivity contribution in [1.29, 1.82) is 0 Å². The van der Waals surface area contributed by atoms with Gasteiger partial charge in [0.05, 0.1) is 12.2 Å². The van der Waals surface area contributed by atoms with Gasteiger partial charge in [0.15, 0.2) is 0 Å². The van der Waals surface area contributed by atoms with Crippen molar-refractivity contribution in [3.8, 4) is 0 Å². The lowest BCUT2D eigenvalue weighted by Gasteiger charge is -2.08. The van der Waals surface area contributed by atoms with Crippen LogP contribution in [0.4, 0.5) is 13.2 Å². The molecule has 112 valence electrons. The van der Waals surface area contributed by atoms with Crippen molar-refractivity contribution in [3.63, 3.8) is 0 Å². The zero-order valence-corrected chi connectivity index (χ0v) is 12.3. The topological polar surface area (TPSA) is 38.3 Å². The molecule has 1 amide bonds. The molecule has 0 radical (unpaired) electrons. The van der Waals surface area contributed by atoms with E-state index in [1.165, 1.54) is 12.1 Å². The maximum Gasteiger partial charge on any atom is 0.416 e. The summed E-state index contributed by atoms with van der Waals surface area (Å²) in [7, 11) is 0. The first-order valence-electron chi connectivity index (χ1n) is 6.04. The first-order valence-corrected chi connectivity index (χ1v) is 7.16. The number of amides is 1.